The summed E-state index contributed by atoms with van der Waals surface area (Å²) >= 11 is 0. The first-order valence-electron chi connectivity index (χ1n) is 6.70. The molecule has 0 aliphatic rings. The van der Waals surface area contributed by atoms with E-state index in [1.807, 2.05) is 29.8 Å². The second kappa shape index (κ2) is 7.05. The van der Waals surface area contributed by atoms with Gasteiger partial charge in [-0.1, -0.05) is 18.2 Å². The standard InChI is InChI=1S/C15H20FN3O/c1-12(11-20-2)18-15-17-8-10-19(15)9-7-13-5-3-4-6-14(13)16/h3-6,8,10,12H,7,9,11H2,1-2H3,(H,17,18). The van der Waals surface area contributed by atoms with Crippen molar-refractivity contribution in [2.24, 2.45) is 0 Å². The number of imidazole rings is 1. The van der Waals surface area contributed by atoms with Crippen molar-refractivity contribution in [1.82, 2.24) is 9.55 Å². The molecule has 0 aliphatic carbocycles. The molecule has 1 aromatic heterocycles. The van der Waals surface area contributed by atoms with Gasteiger partial charge in [-0.2, -0.15) is 0 Å². The minimum atomic E-state index is -0.158. The van der Waals surface area contributed by atoms with Gasteiger partial charge in [0.05, 0.1) is 6.61 Å². The predicted octanol–water partition coefficient (Wildman–Crippen LogP) is 2.71. The van der Waals surface area contributed by atoms with Gasteiger partial charge < -0.3 is 14.6 Å². The molecule has 2 rings (SSSR count). The normalized spacial score (nSPS) is 12.3. The Balaban J connectivity index is 1.97. The highest BCUT2D eigenvalue weighted by Gasteiger charge is 2.08. The van der Waals surface area contributed by atoms with E-state index in [1.165, 1.54) is 6.07 Å². The number of hydrogen-bond acceptors (Lipinski definition) is 3. The van der Waals surface area contributed by atoms with Gasteiger partial charge in [0.1, 0.15) is 5.82 Å². The van der Waals surface area contributed by atoms with Gasteiger partial charge in [-0.25, -0.2) is 9.37 Å². The fourth-order valence-corrected chi connectivity index (χ4v) is 2.08. The molecule has 0 saturated carbocycles. The highest BCUT2D eigenvalue weighted by Crippen LogP contribution is 2.11. The predicted molar refractivity (Wildman–Crippen MR) is 77.3 cm³/mol. The third kappa shape index (κ3) is 3.81. The Bertz CT molecular complexity index is 541. The fourth-order valence-electron chi connectivity index (χ4n) is 2.08. The van der Waals surface area contributed by atoms with Gasteiger partial charge in [0.25, 0.3) is 0 Å². The molecule has 1 aromatic carbocycles. The maximum absolute atomic E-state index is 13.6. The SMILES string of the molecule is COCC(C)Nc1nccn1CCc1ccccc1F. The van der Waals surface area contributed by atoms with Crippen LogP contribution >= 0.6 is 0 Å². The van der Waals surface area contributed by atoms with E-state index in [4.69, 9.17) is 4.74 Å². The molecule has 0 saturated heterocycles. The highest BCUT2D eigenvalue weighted by atomic mass is 19.1. The summed E-state index contributed by atoms with van der Waals surface area (Å²) in [7, 11) is 1.67. The van der Waals surface area contributed by atoms with Crippen molar-refractivity contribution in [3.8, 4) is 0 Å². The molecule has 1 N–H and O–H groups in total. The van der Waals surface area contributed by atoms with Crippen LogP contribution in [0.1, 0.15) is 12.5 Å². The summed E-state index contributed by atoms with van der Waals surface area (Å²) in [6.45, 7) is 3.32. The van der Waals surface area contributed by atoms with Crippen LogP contribution in [0.15, 0.2) is 36.7 Å². The maximum Gasteiger partial charge on any atom is 0.203 e. The van der Waals surface area contributed by atoms with Gasteiger partial charge in [0.15, 0.2) is 0 Å². The lowest BCUT2D eigenvalue weighted by atomic mass is 10.1. The van der Waals surface area contributed by atoms with E-state index >= 15 is 0 Å². The lowest BCUT2D eigenvalue weighted by Gasteiger charge is -2.15. The first-order valence-corrected chi connectivity index (χ1v) is 6.70. The number of anilines is 1. The van der Waals surface area contributed by atoms with Crippen LogP contribution < -0.4 is 5.32 Å². The van der Waals surface area contributed by atoms with Crippen molar-refractivity contribution < 1.29 is 9.13 Å². The zero-order chi connectivity index (χ0) is 14.4. The monoisotopic (exact) mass is 277 g/mol. The lowest BCUT2D eigenvalue weighted by Crippen LogP contribution is -2.23. The molecule has 4 nitrogen and oxygen atoms in total. The average molecular weight is 277 g/mol. The topological polar surface area (TPSA) is 39.1 Å². The van der Waals surface area contributed by atoms with Crippen LogP contribution in [-0.2, 0) is 17.7 Å². The molecule has 1 atom stereocenters. The van der Waals surface area contributed by atoms with E-state index in [9.17, 15) is 4.39 Å². The summed E-state index contributed by atoms with van der Waals surface area (Å²) in [5, 5.41) is 3.28. The van der Waals surface area contributed by atoms with Crippen LogP contribution in [0, 0.1) is 5.82 Å². The molecular weight excluding hydrogens is 257 g/mol. The zero-order valence-corrected chi connectivity index (χ0v) is 11.8. The third-order valence-corrected chi connectivity index (χ3v) is 3.09. The van der Waals surface area contributed by atoms with Crippen molar-refractivity contribution >= 4 is 5.95 Å². The van der Waals surface area contributed by atoms with Crippen LogP contribution in [-0.4, -0.2) is 29.3 Å². The van der Waals surface area contributed by atoms with Crippen molar-refractivity contribution in [1.29, 1.82) is 0 Å². The summed E-state index contributed by atoms with van der Waals surface area (Å²) in [6.07, 6.45) is 4.27. The molecule has 1 unspecified atom stereocenters. The van der Waals surface area contributed by atoms with Crippen LogP contribution in [0.25, 0.3) is 0 Å². The molecule has 0 fully saturated rings. The summed E-state index contributed by atoms with van der Waals surface area (Å²) in [4.78, 5) is 4.28. The number of nitrogens with one attached hydrogen (secondary N) is 1. The fraction of sp³-hybridized carbons (Fsp3) is 0.400. The Hall–Kier alpha value is -1.88. The van der Waals surface area contributed by atoms with Gasteiger partial charge in [-0.3, -0.25) is 0 Å². The number of aryl methyl sites for hydroxylation is 2. The van der Waals surface area contributed by atoms with Crippen molar-refractivity contribution in [2.75, 3.05) is 19.0 Å². The first-order chi connectivity index (χ1) is 9.70. The van der Waals surface area contributed by atoms with Crippen molar-refractivity contribution in [2.45, 2.75) is 25.9 Å². The summed E-state index contributed by atoms with van der Waals surface area (Å²) < 4.78 is 20.6. The molecule has 0 spiro atoms. The van der Waals surface area contributed by atoms with Crippen LogP contribution in [0.4, 0.5) is 10.3 Å². The lowest BCUT2D eigenvalue weighted by molar-refractivity contribution is 0.190. The Labute approximate surface area is 118 Å². The third-order valence-electron chi connectivity index (χ3n) is 3.09. The Morgan fingerprint density at radius 1 is 1.40 bits per heavy atom. The zero-order valence-electron chi connectivity index (χ0n) is 11.8. The number of benzene rings is 1. The number of hydrogen-bond donors (Lipinski definition) is 1. The van der Waals surface area contributed by atoms with E-state index in [0.717, 1.165) is 11.5 Å². The number of ether oxygens (including phenoxy) is 1. The molecule has 2 aromatic rings. The van der Waals surface area contributed by atoms with Gasteiger partial charge in [-0.05, 0) is 25.0 Å². The van der Waals surface area contributed by atoms with Crippen LogP contribution in [0.3, 0.4) is 0 Å². The molecule has 0 aliphatic heterocycles. The van der Waals surface area contributed by atoms with Crippen LogP contribution in [0.5, 0.6) is 0 Å². The van der Waals surface area contributed by atoms with Gasteiger partial charge >= 0.3 is 0 Å². The van der Waals surface area contributed by atoms with E-state index in [2.05, 4.69) is 10.3 Å². The molecule has 108 valence electrons. The van der Waals surface area contributed by atoms with E-state index < -0.39 is 0 Å². The largest absolute Gasteiger partial charge is 0.383 e. The number of rotatable bonds is 7. The van der Waals surface area contributed by atoms with E-state index in [-0.39, 0.29) is 11.9 Å². The minimum absolute atomic E-state index is 0.158. The Morgan fingerprint density at radius 2 is 2.20 bits per heavy atom. The Morgan fingerprint density at radius 3 is 2.95 bits per heavy atom. The first kappa shape index (κ1) is 14.5. The van der Waals surface area contributed by atoms with Crippen LogP contribution in [0.2, 0.25) is 0 Å². The molecule has 5 heteroatoms. The van der Waals surface area contributed by atoms with Gasteiger partial charge in [0, 0.05) is 32.1 Å². The Kier molecular flexibility index (Phi) is 5.12. The molecular formula is C15H20FN3O. The summed E-state index contributed by atoms with van der Waals surface area (Å²) in [5.74, 6) is 0.626. The maximum atomic E-state index is 13.6. The van der Waals surface area contributed by atoms with Crippen molar-refractivity contribution in [3.05, 3.63) is 48.0 Å². The number of aromatic nitrogens is 2. The highest BCUT2D eigenvalue weighted by molar-refractivity contribution is 5.27. The van der Waals surface area contributed by atoms with Gasteiger partial charge in [0.2, 0.25) is 5.95 Å². The number of halogens is 1. The van der Waals surface area contributed by atoms with E-state index in [1.54, 1.807) is 19.4 Å². The van der Waals surface area contributed by atoms with Gasteiger partial charge in [-0.15, -0.1) is 0 Å². The van der Waals surface area contributed by atoms with Crippen molar-refractivity contribution in [3.63, 3.8) is 0 Å². The molecule has 0 amide bonds. The molecule has 20 heavy (non-hydrogen) atoms. The number of methoxy groups -OCH3 is 1. The second-order valence-electron chi connectivity index (χ2n) is 4.79. The molecule has 1 heterocycles. The average Bonchev–Trinajstić information content (AvgIpc) is 2.85. The quantitative estimate of drug-likeness (QED) is 0.845. The van der Waals surface area contributed by atoms with E-state index in [0.29, 0.717) is 19.6 Å². The molecule has 0 radical (unpaired) electrons. The molecule has 0 bridgehead atoms. The smallest absolute Gasteiger partial charge is 0.203 e. The second-order valence-corrected chi connectivity index (χ2v) is 4.79. The summed E-state index contributed by atoms with van der Waals surface area (Å²) in [6, 6.07) is 7.03. The minimum Gasteiger partial charge on any atom is -0.383 e. The number of nitrogens with zero attached hydrogens (tertiary/aromatic N) is 2. The summed E-state index contributed by atoms with van der Waals surface area (Å²) in [5.41, 5.74) is 0.720.